The molecule has 2 aromatic rings. The quantitative estimate of drug-likeness (QED) is 0.909. The van der Waals surface area contributed by atoms with Gasteiger partial charge in [-0.05, 0) is 35.7 Å². The molecule has 19 heavy (non-hydrogen) atoms. The number of carbonyl (C=O) groups is 1. The van der Waals surface area contributed by atoms with E-state index in [1.165, 1.54) is 0 Å². The fourth-order valence-electron chi connectivity index (χ4n) is 2.25. The van der Waals surface area contributed by atoms with Gasteiger partial charge in [-0.3, -0.25) is 4.79 Å². The van der Waals surface area contributed by atoms with Crippen molar-refractivity contribution in [2.45, 2.75) is 19.3 Å². The highest BCUT2D eigenvalue weighted by atomic mass is 79.9. The number of carboxylic acid groups (broad SMARTS) is 1. The van der Waals surface area contributed by atoms with E-state index in [-0.39, 0.29) is 12.3 Å². The summed E-state index contributed by atoms with van der Waals surface area (Å²) in [5, 5.41) is 9.14. The van der Waals surface area contributed by atoms with E-state index in [4.69, 9.17) is 5.11 Å². The highest BCUT2D eigenvalue weighted by Crippen LogP contribution is 2.31. The van der Waals surface area contributed by atoms with E-state index in [2.05, 4.69) is 15.9 Å². The van der Waals surface area contributed by atoms with Gasteiger partial charge in [0.1, 0.15) is 0 Å². The topological polar surface area (TPSA) is 37.3 Å². The van der Waals surface area contributed by atoms with Gasteiger partial charge < -0.3 is 5.11 Å². The van der Waals surface area contributed by atoms with Crippen LogP contribution in [0, 0.1) is 6.92 Å². The van der Waals surface area contributed by atoms with Crippen LogP contribution in [0.25, 0.3) is 0 Å². The summed E-state index contributed by atoms with van der Waals surface area (Å²) < 4.78 is 0.995. The second kappa shape index (κ2) is 6.02. The molecule has 1 N–H and O–H groups in total. The summed E-state index contributed by atoms with van der Waals surface area (Å²) in [4.78, 5) is 11.1. The molecule has 0 saturated heterocycles. The first-order chi connectivity index (χ1) is 9.08. The lowest BCUT2D eigenvalue weighted by atomic mass is 9.86. The Morgan fingerprint density at radius 2 is 1.79 bits per heavy atom. The lowest BCUT2D eigenvalue weighted by Crippen LogP contribution is -2.09. The number of aryl methyl sites for hydroxylation is 1. The molecule has 0 spiro atoms. The fraction of sp³-hybridized carbons (Fsp3) is 0.188. The van der Waals surface area contributed by atoms with E-state index in [9.17, 15) is 4.79 Å². The third kappa shape index (κ3) is 3.44. The maximum Gasteiger partial charge on any atom is 0.304 e. The van der Waals surface area contributed by atoms with Crippen LogP contribution in [0.2, 0.25) is 0 Å². The van der Waals surface area contributed by atoms with Gasteiger partial charge in [0.15, 0.2) is 0 Å². The summed E-state index contributed by atoms with van der Waals surface area (Å²) in [5.41, 5.74) is 3.23. The van der Waals surface area contributed by atoms with E-state index >= 15 is 0 Å². The van der Waals surface area contributed by atoms with Gasteiger partial charge in [0, 0.05) is 10.4 Å². The summed E-state index contributed by atoms with van der Waals surface area (Å²) >= 11 is 3.40. The Hall–Kier alpha value is -1.61. The summed E-state index contributed by atoms with van der Waals surface area (Å²) in [7, 11) is 0. The van der Waals surface area contributed by atoms with Crippen LogP contribution in [0.15, 0.2) is 53.0 Å². The first kappa shape index (κ1) is 13.8. The number of carboxylic acids is 1. The first-order valence-electron chi connectivity index (χ1n) is 6.10. The van der Waals surface area contributed by atoms with Crippen LogP contribution < -0.4 is 0 Å². The van der Waals surface area contributed by atoms with Crippen molar-refractivity contribution < 1.29 is 9.90 Å². The maximum atomic E-state index is 11.1. The first-order valence-corrected chi connectivity index (χ1v) is 6.90. The number of halogens is 1. The molecule has 1 atom stereocenters. The van der Waals surface area contributed by atoms with Crippen molar-refractivity contribution >= 4 is 21.9 Å². The zero-order valence-electron chi connectivity index (χ0n) is 10.6. The molecule has 98 valence electrons. The van der Waals surface area contributed by atoms with Crippen LogP contribution in [0.1, 0.15) is 29.0 Å². The molecule has 0 aliphatic carbocycles. The van der Waals surface area contributed by atoms with Crippen LogP contribution in [0.3, 0.4) is 0 Å². The number of rotatable bonds is 4. The number of benzene rings is 2. The molecule has 0 unspecified atom stereocenters. The van der Waals surface area contributed by atoms with Crippen molar-refractivity contribution in [3.8, 4) is 0 Å². The molecule has 0 bridgehead atoms. The summed E-state index contributed by atoms with van der Waals surface area (Å²) in [5.74, 6) is -0.886. The second-order valence-corrected chi connectivity index (χ2v) is 5.47. The normalized spacial score (nSPS) is 12.1. The average molecular weight is 319 g/mol. The van der Waals surface area contributed by atoms with E-state index in [1.54, 1.807) is 0 Å². The van der Waals surface area contributed by atoms with Crippen molar-refractivity contribution in [1.29, 1.82) is 0 Å². The third-order valence-electron chi connectivity index (χ3n) is 3.21. The second-order valence-electron chi connectivity index (χ2n) is 4.56. The minimum Gasteiger partial charge on any atom is -0.481 e. The standard InChI is InChI=1S/C16H15BrO2/c1-11-4-2-3-5-14(11)15(10-16(18)19)12-6-8-13(17)9-7-12/h2-9,15H,10H2,1H3,(H,18,19)/t15-/m0/s1. The van der Waals surface area contributed by atoms with Gasteiger partial charge in [0.25, 0.3) is 0 Å². The minimum atomic E-state index is -0.781. The molecule has 0 fully saturated rings. The molecule has 0 radical (unpaired) electrons. The van der Waals surface area contributed by atoms with Crippen molar-refractivity contribution in [3.05, 3.63) is 69.7 Å². The van der Waals surface area contributed by atoms with Crippen LogP contribution in [-0.4, -0.2) is 11.1 Å². The summed E-state index contributed by atoms with van der Waals surface area (Å²) in [6, 6.07) is 15.8. The highest BCUT2D eigenvalue weighted by Gasteiger charge is 2.19. The van der Waals surface area contributed by atoms with E-state index in [1.807, 2.05) is 55.5 Å². The number of hydrogen-bond donors (Lipinski definition) is 1. The van der Waals surface area contributed by atoms with E-state index in [0.29, 0.717) is 0 Å². The van der Waals surface area contributed by atoms with Crippen molar-refractivity contribution in [3.63, 3.8) is 0 Å². The summed E-state index contributed by atoms with van der Waals surface area (Å²) in [6.45, 7) is 2.02. The number of hydrogen-bond acceptors (Lipinski definition) is 1. The van der Waals surface area contributed by atoms with Gasteiger partial charge in [-0.25, -0.2) is 0 Å². The van der Waals surface area contributed by atoms with Crippen LogP contribution >= 0.6 is 15.9 Å². The Bertz CT molecular complexity index is 576. The molecule has 0 aliphatic rings. The number of aliphatic carboxylic acids is 1. The van der Waals surface area contributed by atoms with Gasteiger partial charge in [-0.1, -0.05) is 52.3 Å². The van der Waals surface area contributed by atoms with Gasteiger partial charge in [0.2, 0.25) is 0 Å². The Morgan fingerprint density at radius 1 is 1.16 bits per heavy atom. The molecule has 3 heteroatoms. The van der Waals surface area contributed by atoms with Crippen LogP contribution in [0.4, 0.5) is 0 Å². The van der Waals surface area contributed by atoms with Gasteiger partial charge in [-0.15, -0.1) is 0 Å². The fourth-order valence-corrected chi connectivity index (χ4v) is 2.52. The Morgan fingerprint density at radius 3 is 2.37 bits per heavy atom. The lowest BCUT2D eigenvalue weighted by Gasteiger charge is -2.18. The highest BCUT2D eigenvalue weighted by molar-refractivity contribution is 9.10. The predicted octanol–water partition coefficient (Wildman–Crippen LogP) is 4.36. The zero-order chi connectivity index (χ0) is 13.8. The van der Waals surface area contributed by atoms with Gasteiger partial charge >= 0.3 is 5.97 Å². The molecule has 0 aromatic heterocycles. The average Bonchev–Trinajstić information content (AvgIpc) is 2.38. The van der Waals surface area contributed by atoms with Crippen molar-refractivity contribution in [1.82, 2.24) is 0 Å². The zero-order valence-corrected chi connectivity index (χ0v) is 12.2. The Labute approximate surface area is 121 Å². The molecule has 0 amide bonds. The Balaban J connectivity index is 2.44. The minimum absolute atomic E-state index is 0.104. The van der Waals surface area contributed by atoms with Crippen molar-refractivity contribution in [2.75, 3.05) is 0 Å². The molecule has 2 aromatic carbocycles. The van der Waals surface area contributed by atoms with Crippen LogP contribution in [-0.2, 0) is 4.79 Å². The lowest BCUT2D eigenvalue weighted by molar-refractivity contribution is -0.137. The third-order valence-corrected chi connectivity index (χ3v) is 3.74. The Kier molecular flexibility index (Phi) is 4.38. The molecular weight excluding hydrogens is 304 g/mol. The SMILES string of the molecule is Cc1ccccc1[C@@H](CC(=O)O)c1ccc(Br)cc1. The van der Waals surface area contributed by atoms with Gasteiger partial charge in [-0.2, -0.15) is 0 Å². The largest absolute Gasteiger partial charge is 0.481 e. The van der Waals surface area contributed by atoms with E-state index in [0.717, 1.165) is 21.2 Å². The maximum absolute atomic E-state index is 11.1. The smallest absolute Gasteiger partial charge is 0.304 e. The predicted molar refractivity (Wildman–Crippen MR) is 79.4 cm³/mol. The molecule has 0 aliphatic heterocycles. The molecule has 0 saturated carbocycles. The molecular formula is C16H15BrO2. The monoisotopic (exact) mass is 318 g/mol. The van der Waals surface area contributed by atoms with Crippen LogP contribution in [0.5, 0.6) is 0 Å². The molecule has 2 nitrogen and oxygen atoms in total. The van der Waals surface area contributed by atoms with Gasteiger partial charge in [0.05, 0.1) is 6.42 Å². The molecule has 0 heterocycles. The van der Waals surface area contributed by atoms with Crippen molar-refractivity contribution in [2.24, 2.45) is 0 Å². The van der Waals surface area contributed by atoms with E-state index < -0.39 is 5.97 Å². The summed E-state index contributed by atoms with van der Waals surface area (Å²) in [6.07, 6.45) is 0.104. The molecule has 2 rings (SSSR count).